The van der Waals surface area contributed by atoms with Crippen molar-refractivity contribution in [2.45, 2.75) is 44.6 Å². The van der Waals surface area contributed by atoms with Crippen LogP contribution in [0.1, 0.15) is 52.2 Å². The quantitative estimate of drug-likeness (QED) is 0.718. The first kappa shape index (κ1) is 15.6. The van der Waals surface area contributed by atoms with Crippen LogP contribution in [0.25, 0.3) is 11.0 Å². The second-order valence-corrected chi connectivity index (χ2v) is 7.63. The molecule has 2 atom stereocenters. The van der Waals surface area contributed by atoms with Gasteiger partial charge in [0.2, 0.25) is 0 Å². The van der Waals surface area contributed by atoms with Crippen molar-refractivity contribution in [1.29, 1.82) is 0 Å². The molecule has 0 bridgehead atoms. The summed E-state index contributed by atoms with van der Waals surface area (Å²) in [6.07, 6.45) is 6.08. The van der Waals surface area contributed by atoms with E-state index in [2.05, 4.69) is 40.0 Å². The standard InChI is InChI=1S/C22H23N3O/c1-14-4-2-5-17-16(14)8-10-21-18(17)6-3-11-25(21)22(26)15-7-9-19-20(12-15)24-13-23-19/h2,4-5,7,9,12-13,18,21H,3,6,8,10-11H2,1H3,(H,23,24). The summed E-state index contributed by atoms with van der Waals surface area (Å²) in [7, 11) is 0. The fourth-order valence-corrected chi connectivity index (χ4v) is 4.97. The SMILES string of the molecule is Cc1cccc2c1CCC1C2CCCN1C(=O)c1ccc2nc[nH]c2c1. The molecule has 4 heteroatoms. The summed E-state index contributed by atoms with van der Waals surface area (Å²) < 4.78 is 0. The van der Waals surface area contributed by atoms with Gasteiger partial charge in [0.1, 0.15) is 0 Å². The van der Waals surface area contributed by atoms with Gasteiger partial charge >= 0.3 is 0 Å². The lowest BCUT2D eigenvalue weighted by molar-refractivity contribution is 0.0547. The van der Waals surface area contributed by atoms with Gasteiger partial charge < -0.3 is 9.88 Å². The van der Waals surface area contributed by atoms with Crippen LogP contribution in [-0.2, 0) is 6.42 Å². The number of benzene rings is 2. The van der Waals surface area contributed by atoms with Crippen molar-refractivity contribution in [2.75, 3.05) is 6.54 Å². The Hall–Kier alpha value is -2.62. The third-order valence-corrected chi connectivity index (χ3v) is 6.24. The van der Waals surface area contributed by atoms with Crippen molar-refractivity contribution in [3.05, 3.63) is 65.0 Å². The number of aromatic amines is 1. The highest BCUT2D eigenvalue weighted by atomic mass is 16.2. The monoisotopic (exact) mass is 345 g/mol. The highest BCUT2D eigenvalue weighted by Gasteiger charge is 2.38. The van der Waals surface area contributed by atoms with Crippen molar-refractivity contribution in [1.82, 2.24) is 14.9 Å². The van der Waals surface area contributed by atoms with Gasteiger partial charge in [-0.2, -0.15) is 0 Å². The van der Waals surface area contributed by atoms with Gasteiger partial charge in [-0.15, -0.1) is 0 Å². The molecular weight excluding hydrogens is 322 g/mol. The minimum Gasteiger partial charge on any atom is -0.345 e. The molecule has 2 unspecified atom stereocenters. The van der Waals surface area contributed by atoms with Crippen molar-refractivity contribution in [3.8, 4) is 0 Å². The molecule has 1 N–H and O–H groups in total. The number of rotatable bonds is 1. The van der Waals surface area contributed by atoms with Crippen LogP contribution in [0.4, 0.5) is 0 Å². The Balaban J connectivity index is 1.49. The molecule has 3 aromatic rings. The van der Waals surface area contributed by atoms with Crippen molar-refractivity contribution in [2.24, 2.45) is 0 Å². The minimum atomic E-state index is 0.160. The number of fused-ring (bicyclic) bond motifs is 4. The predicted molar refractivity (Wildman–Crippen MR) is 102 cm³/mol. The highest BCUT2D eigenvalue weighted by molar-refractivity contribution is 5.97. The lowest BCUT2D eigenvalue weighted by Gasteiger charge is -2.45. The summed E-state index contributed by atoms with van der Waals surface area (Å²) in [5.74, 6) is 0.638. The van der Waals surface area contributed by atoms with Crippen LogP contribution in [0, 0.1) is 6.92 Å². The molecule has 5 rings (SSSR count). The maximum absolute atomic E-state index is 13.3. The molecule has 1 saturated heterocycles. The van der Waals surface area contributed by atoms with Crippen molar-refractivity contribution < 1.29 is 4.79 Å². The number of carbonyl (C=O) groups is 1. The zero-order valence-corrected chi connectivity index (χ0v) is 15.0. The summed E-state index contributed by atoms with van der Waals surface area (Å²) in [5.41, 5.74) is 6.98. The molecule has 1 amide bonds. The third kappa shape index (κ3) is 2.36. The van der Waals surface area contributed by atoms with Gasteiger partial charge in [0, 0.05) is 24.1 Å². The molecule has 0 spiro atoms. The number of aromatic nitrogens is 2. The van der Waals surface area contributed by atoms with Gasteiger partial charge in [-0.1, -0.05) is 18.2 Å². The van der Waals surface area contributed by atoms with Gasteiger partial charge in [-0.25, -0.2) is 4.98 Å². The Bertz CT molecular complexity index is 990. The number of imidazole rings is 1. The van der Waals surface area contributed by atoms with Crippen LogP contribution < -0.4 is 0 Å². The number of piperidine rings is 1. The van der Waals surface area contributed by atoms with E-state index < -0.39 is 0 Å². The summed E-state index contributed by atoms with van der Waals surface area (Å²) in [4.78, 5) is 22.8. The summed E-state index contributed by atoms with van der Waals surface area (Å²) >= 11 is 0. The first-order valence-electron chi connectivity index (χ1n) is 9.55. The molecule has 1 aromatic heterocycles. The Kier molecular flexibility index (Phi) is 3.59. The Morgan fingerprint density at radius 3 is 3.08 bits per heavy atom. The molecule has 26 heavy (non-hydrogen) atoms. The topological polar surface area (TPSA) is 49.0 Å². The number of amides is 1. The van der Waals surface area contributed by atoms with E-state index in [1.165, 1.54) is 23.1 Å². The summed E-state index contributed by atoms with van der Waals surface area (Å²) in [6, 6.07) is 12.8. The van der Waals surface area contributed by atoms with Crippen LogP contribution in [-0.4, -0.2) is 33.4 Å². The fraction of sp³-hybridized carbons (Fsp3) is 0.364. The summed E-state index contributed by atoms with van der Waals surface area (Å²) in [5, 5.41) is 0. The predicted octanol–water partition coefficient (Wildman–Crippen LogP) is 4.21. The summed E-state index contributed by atoms with van der Waals surface area (Å²) in [6.45, 7) is 3.08. The second kappa shape index (κ2) is 5.97. The van der Waals surface area contributed by atoms with Crippen LogP contribution in [0.3, 0.4) is 0 Å². The largest absolute Gasteiger partial charge is 0.345 e. The molecule has 0 saturated carbocycles. The molecule has 132 valence electrons. The minimum absolute atomic E-state index is 0.160. The molecular formula is C22H23N3O. The zero-order chi connectivity index (χ0) is 17.7. The normalized spacial score (nSPS) is 22.1. The number of carbonyl (C=O) groups excluding carboxylic acids is 1. The van der Waals surface area contributed by atoms with Crippen LogP contribution in [0.5, 0.6) is 0 Å². The number of H-pyrrole nitrogens is 1. The van der Waals surface area contributed by atoms with Gasteiger partial charge in [0.15, 0.2) is 0 Å². The maximum Gasteiger partial charge on any atom is 0.254 e. The molecule has 1 aliphatic carbocycles. The van der Waals surface area contributed by atoms with Gasteiger partial charge in [-0.3, -0.25) is 4.79 Å². The molecule has 1 fully saturated rings. The fourth-order valence-electron chi connectivity index (χ4n) is 4.97. The van der Waals surface area contributed by atoms with Crippen molar-refractivity contribution >= 4 is 16.9 Å². The smallest absolute Gasteiger partial charge is 0.254 e. The molecule has 2 heterocycles. The van der Waals surface area contributed by atoms with Gasteiger partial charge in [0.25, 0.3) is 5.91 Å². The van der Waals surface area contributed by atoms with Crippen LogP contribution >= 0.6 is 0 Å². The van der Waals surface area contributed by atoms with Crippen LogP contribution in [0.2, 0.25) is 0 Å². The molecule has 0 radical (unpaired) electrons. The number of aryl methyl sites for hydroxylation is 1. The van der Waals surface area contributed by atoms with E-state index in [9.17, 15) is 4.79 Å². The van der Waals surface area contributed by atoms with E-state index in [1.807, 2.05) is 18.2 Å². The van der Waals surface area contributed by atoms with E-state index >= 15 is 0 Å². The van der Waals surface area contributed by atoms with Gasteiger partial charge in [0.05, 0.1) is 17.4 Å². The third-order valence-electron chi connectivity index (χ3n) is 6.24. The molecule has 2 aliphatic rings. The first-order valence-corrected chi connectivity index (χ1v) is 9.55. The lowest BCUT2D eigenvalue weighted by Crippen LogP contribution is -2.49. The van der Waals surface area contributed by atoms with E-state index in [1.54, 1.807) is 6.33 Å². The maximum atomic E-state index is 13.3. The highest BCUT2D eigenvalue weighted by Crippen LogP contribution is 2.42. The number of hydrogen-bond acceptors (Lipinski definition) is 2. The van der Waals surface area contributed by atoms with E-state index in [0.717, 1.165) is 42.4 Å². The second-order valence-electron chi connectivity index (χ2n) is 7.63. The van der Waals surface area contributed by atoms with E-state index in [4.69, 9.17) is 0 Å². The number of hydrogen-bond donors (Lipinski definition) is 1. The van der Waals surface area contributed by atoms with Gasteiger partial charge in [-0.05, 0) is 67.5 Å². The molecule has 4 nitrogen and oxygen atoms in total. The number of nitrogens with one attached hydrogen (secondary N) is 1. The Labute approximate surface area is 153 Å². The first-order chi connectivity index (χ1) is 12.7. The Morgan fingerprint density at radius 2 is 2.15 bits per heavy atom. The number of likely N-dealkylation sites (tertiary alicyclic amines) is 1. The molecule has 2 aromatic carbocycles. The van der Waals surface area contributed by atoms with Crippen LogP contribution in [0.15, 0.2) is 42.7 Å². The molecule has 1 aliphatic heterocycles. The average molecular weight is 345 g/mol. The zero-order valence-electron chi connectivity index (χ0n) is 15.0. The average Bonchev–Trinajstić information content (AvgIpc) is 3.15. The Morgan fingerprint density at radius 1 is 1.23 bits per heavy atom. The van der Waals surface area contributed by atoms with Crippen molar-refractivity contribution in [3.63, 3.8) is 0 Å². The van der Waals surface area contributed by atoms with E-state index in [-0.39, 0.29) is 5.91 Å². The number of nitrogens with zero attached hydrogens (tertiary/aromatic N) is 2. The van der Waals surface area contributed by atoms with E-state index in [0.29, 0.717) is 12.0 Å². The lowest BCUT2D eigenvalue weighted by atomic mass is 9.73.